The molecule has 3 rings (SSSR count). The van der Waals surface area contributed by atoms with Crippen LogP contribution >= 0.6 is 0 Å². The molecular weight excluding hydrogens is 279 g/mol. The van der Waals surface area contributed by atoms with Crippen LogP contribution in [0.5, 0.6) is 0 Å². The van der Waals surface area contributed by atoms with Crippen molar-refractivity contribution in [1.29, 1.82) is 0 Å². The summed E-state index contributed by atoms with van der Waals surface area (Å²) in [4.78, 5) is 12.0. The summed E-state index contributed by atoms with van der Waals surface area (Å²) in [7, 11) is 0. The molecule has 0 bridgehead atoms. The van der Waals surface area contributed by atoms with Crippen LogP contribution in [-0.2, 0) is 0 Å². The molecule has 0 atom stereocenters. The second kappa shape index (κ2) is 6.22. The molecule has 22 heavy (non-hydrogen) atoms. The normalized spacial score (nSPS) is 11.0. The number of carbonyl (C=O) groups is 1. The van der Waals surface area contributed by atoms with Gasteiger partial charge in [0.1, 0.15) is 17.3 Å². The lowest BCUT2D eigenvalue weighted by atomic mass is 10.1. The summed E-state index contributed by atoms with van der Waals surface area (Å²) < 4.78 is 18.5. The lowest BCUT2D eigenvalue weighted by Gasteiger charge is -1.96. The van der Waals surface area contributed by atoms with Crippen molar-refractivity contribution in [1.82, 2.24) is 0 Å². The van der Waals surface area contributed by atoms with Gasteiger partial charge in [-0.2, -0.15) is 0 Å². The van der Waals surface area contributed by atoms with Crippen LogP contribution in [0.4, 0.5) is 4.39 Å². The number of hydrogen-bond donors (Lipinski definition) is 0. The van der Waals surface area contributed by atoms with Crippen LogP contribution in [0.3, 0.4) is 0 Å². The highest BCUT2D eigenvalue weighted by Crippen LogP contribution is 2.23. The molecule has 0 fully saturated rings. The standard InChI is InChI=1S/C19H13FO2/c20-16-8-6-15(7-9-16)19-13-11-17(22-19)10-12-18(21)14-4-2-1-3-5-14/h1-13H. The van der Waals surface area contributed by atoms with Crippen molar-refractivity contribution >= 4 is 11.9 Å². The molecule has 108 valence electrons. The summed E-state index contributed by atoms with van der Waals surface area (Å²) in [6, 6.07) is 18.7. The van der Waals surface area contributed by atoms with Crippen LogP contribution in [0.1, 0.15) is 16.1 Å². The SMILES string of the molecule is O=C(C=Cc1ccc(-c2ccc(F)cc2)o1)c1ccccc1. The molecule has 0 aliphatic rings. The van der Waals surface area contributed by atoms with Crippen molar-refractivity contribution in [3.05, 3.63) is 89.9 Å². The van der Waals surface area contributed by atoms with Crippen molar-refractivity contribution in [3.8, 4) is 11.3 Å². The molecule has 0 aliphatic carbocycles. The fraction of sp³-hybridized carbons (Fsp3) is 0. The predicted octanol–water partition coefficient (Wildman–Crippen LogP) is 4.98. The fourth-order valence-electron chi connectivity index (χ4n) is 2.07. The Hall–Kier alpha value is -2.94. The first-order valence-electron chi connectivity index (χ1n) is 6.85. The second-order valence-electron chi connectivity index (χ2n) is 4.77. The van der Waals surface area contributed by atoms with E-state index in [2.05, 4.69) is 0 Å². The van der Waals surface area contributed by atoms with Gasteiger partial charge in [0.15, 0.2) is 5.78 Å². The monoisotopic (exact) mass is 292 g/mol. The predicted molar refractivity (Wildman–Crippen MR) is 83.9 cm³/mol. The Kier molecular flexibility index (Phi) is 3.97. The molecular formula is C19H13FO2. The van der Waals surface area contributed by atoms with Gasteiger partial charge in [-0.1, -0.05) is 30.3 Å². The Labute approximate surface area is 127 Å². The molecule has 0 radical (unpaired) electrons. The van der Waals surface area contributed by atoms with Gasteiger partial charge in [-0.25, -0.2) is 4.39 Å². The number of benzene rings is 2. The number of allylic oxidation sites excluding steroid dienone is 1. The Morgan fingerprint density at radius 2 is 1.64 bits per heavy atom. The molecule has 0 N–H and O–H groups in total. The van der Waals surface area contributed by atoms with Crippen molar-refractivity contribution in [3.63, 3.8) is 0 Å². The molecule has 0 saturated heterocycles. The Bertz CT molecular complexity index is 799. The summed E-state index contributed by atoms with van der Waals surface area (Å²) >= 11 is 0. The largest absolute Gasteiger partial charge is 0.457 e. The van der Waals surface area contributed by atoms with Crippen LogP contribution in [0.25, 0.3) is 17.4 Å². The van der Waals surface area contributed by atoms with Crippen LogP contribution in [-0.4, -0.2) is 5.78 Å². The van der Waals surface area contributed by atoms with Gasteiger partial charge in [0.05, 0.1) is 0 Å². The molecule has 3 aromatic rings. The molecule has 0 unspecified atom stereocenters. The van der Waals surface area contributed by atoms with Crippen LogP contribution in [0, 0.1) is 5.82 Å². The number of carbonyl (C=O) groups excluding carboxylic acids is 1. The van der Waals surface area contributed by atoms with E-state index in [1.807, 2.05) is 18.2 Å². The quantitative estimate of drug-likeness (QED) is 0.501. The molecule has 1 aromatic heterocycles. The summed E-state index contributed by atoms with van der Waals surface area (Å²) in [5.41, 5.74) is 1.42. The van der Waals surface area contributed by atoms with E-state index in [0.29, 0.717) is 17.1 Å². The Balaban J connectivity index is 1.75. The van der Waals surface area contributed by atoms with Gasteiger partial charge < -0.3 is 4.42 Å². The number of rotatable bonds is 4. The number of furan rings is 1. The highest BCUT2D eigenvalue weighted by atomic mass is 19.1. The van der Waals surface area contributed by atoms with Crippen molar-refractivity contribution in [2.75, 3.05) is 0 Å². The molecule has 2 aromatic carbocycles. The third-order valence-electron chi connectivity index (χ3n) is 3.21. The maximum absolute atomic E-state index is 12.9. The van der Waals surface area contributed by atoms with Crippen LogP contribution < -0.4 is 0 Å². The zero-order chi connectivity index (χ0) is 15.4. The van der Waals surface area contributed by atoms with Crippen LogP contribution in [0.15, 0.2) is 77.2 Å². The van der Waals surface area contributed by atoms with Gasteiger partial charge >= 0.3 is 0 Å². The Morgan fingerprint density at radius 1 is 0.909 bits per heavy atom. The molecule has 3 heteroatoms. The van der Waals surface area contributed by atoms with E-state index in [0.717, 1.165) is 5.56 Å². The molecule has 0 spiro atoms. The van der Waals surface area contributed by atoms with E-state index in [4.69, 9.17) is 4.42 Å². The summed E-state index contributed by atoms with van der Waals surface area (Å²) in [5.74, 6) is 0.833. The minimum absolute atomic E-state index is 0.0830. The topological polar surface area (TPSA) is 30.2 Å². The first kappa shape index (κ1) is 14.0. The smallest absolute Gasteiger partial charge is 0.185 e. The van der Waals surface area contributed by atoms with Crippen LogP contribution in [0.2, 0.25) is 0 Å². The number of ketones is 1. The van der Waals surface area contributed by atoms with E-state index in [1.165, 1.54) is 18.2 Å². The van der Waals surface area contributed by atoms with Gasteiger partial charge in [-0.05, 0) is 48.6 Å². The molecule has 0 aliphatic heterocycles. The van der Waals surface area contributed by atoms with Gasteiger partial charge in [-0.3, -0.25) is 4.79 Å². The lowest BCUT2D eigenvalue weighted by Crippen LogP contribution is -1.92. The molecule has 1 heterocycles. The van der Waals surface area contributed by atoms with Gasteiger partial charge in [-0.15, -0.1) is 0 Å². The Morgan fingerprint density at radius 3 is 2.36 bits per heavy atom. The second-order valence-corrected chi connectivity index (χ2v) is 4.77. The summed E-state index contributed by atoms with van der Waals surface area (Å²) in [6.45, 7) is 0. The number of halogens is 1. The number of hydrogen-bond acceptors (Lipinski definition) is 2. The molecule has 2 nitrogen and oxygen atoms in total. The highest BCUT2D eigenvalue weighted by molar-refractivity contribution is 6.06. The van der Waals surface area contributed by atoms with Gasteiger partial charge in [0.2, 0.25) is 0 Å². The maximum atomic E-state index is 12.9. The highest BCUT2D eigenvalue weighted by Gasteiger charge is 2.04. The van der Waals surface area contributed by atoms with E-state index in [-0.39, 0.29) is 11.6 Å². The third-order valence-corrected chi connectivity index (χ3v) is 3.21. The van der Waals surface area contributed by atoms with Crippen molar-refractivity contribution in [2.24, 2.45) is 0 Å². The maximum Gasteiger partial charge on any atom is 0.185 e. The average Bonchev–Trinajstić information content (AvgIpc) is 3.03. The van der Waals surface area contributed by atoms with Gasteiger partial charge in [0.25, 0.3) is 0 Å². The van der Waals surface area contributed by atoms with E-state index in [9.17, 15) is 9.18 Å². The average molecular weight is 292 g/mol. The van der Waals surface area contributed by atoms with E-state index in [1.54, 1.807) is 42.5 Å². The minimum Gasteiger partial charge on any atom is -0.457 e. The van der Waals surface area contributed by atoms with E-state index < -0.39 is 0 Å². The summed E-state index contributed by atoms with van der Waals surface area (Å²) in [6.07, 6.45) is 3.10. The summed E-state index contributed by atoms with van der Waals surface area (Å²) in [5, 5.41) is 0. The van der Waals surface area contributed by atoms with E-state index >= 15 is 0 Å². The molecule has 0 amide bonds. The van der Waals surface area contributed by atoms with Gasteiger partial charge in [0, 0.05) is 11.1 Å². The molecule has 0 saturated carbocycles. The fourth-order valence-corrected chi connectivity index (χ4v) is 2.07. The zero-order valence-corrected chi connectivity index (χ0v) is 11.7. The first-order chi connectivity index (χ1) is 10.7. The minimum atomic E-state index is -0.288. The van der Waals surface area contributed by atoms with Crippen molar-refractivity contribution in [2.45, 2.75) is 0 Å². The van der Waals surface area contributed by atoms with Crippen molar-refractivity contribution < 1.29 is 13.6 Å². The zero-order valence-electron chi connectivity index (χ0n) is 11.7. The lowest BCUT2D eigenvalue weighted by molar-refractivity contribution is 0.104. The first-order valence-corrected chi connectivity index (χ1v) is 6.85. The third kappa shape index (κ3) is 3.20.